The van der Waals surface area contributed by atoms with E-state index in [1.165, 1.54) is 0 Å². The van der Waals surface area contributed by atoms with Gasteiger partial charge in [-0.1, -0.05) is 36.4 Å². The molecule has 104 valence electrons. The van der Waals surface area contributed by atoms with Gasteiger partial charge in [-0.05, 0) is 30.7 Å². The first-order valence-corrected chi connectivity index (χ1v) is 6.62. The standard InChI is InChI=1S/C16H16O4/c1-3-8-14(9-4-1)19-16(17-12-7-13-18-16)20-15-10-5-2-6-11-15/h1-6,8-11H,7,12-13H2. The van der Waals surface area contributed by atoms with Crippen LogP contribution in [0.4, 0.5) is 0 Å². The maximum Gasteiger partial charge on any atom is 0.510 e. The van der Waals surface area contributed by atoms with E-state index >= 15 is 0 Å². The highest BCUT2D eigenvalue weighted by atomic mass is 17.0. The summed E-state index contributed by atoms with van der Waals surface area (Å²) in [5.74, 6) is 1.26. The molecule has 1 aliphatic heterocycles. The Morgan fingerprint density at radius 2 is 1.15 bits per heavy atom. The minimum absolute atomic E-state index is 0.527. The van der Waals surface area contributed by atoms with Gasteiger partial charge in [-0.15, -0.1) is 0 Å². The van der Waals surface area contributed by atoms with E-state index in [0.29, 0.717) is 24.7 Å². The number of hydrogen-bond acceptors (Lipinski definition) is 4. The quantitative estimate of drug-likeness (QED) is 0.801. The van der Waals surface area contributed by atoms with Gasteiger partial charge in [-0.2, -0.15) is 0 Å². The van der Waals surface area contributed by atoms with Gasteiger partial charge in [0.25, 0.3) is 0 Å². The highest BCUT2D eigenvalue weighted by Gasteiger charge is 2.41. The Labute approximate surface area is 117 Å². The SMILES string of the molecule is c1ccc(OC2(Oc3ccccc3)OCCCO2)cc1. The Balaban J connectivity index is 1.81. The van der Waals surface area contributed by atoms with Crippen molar-refractivity contribution in [2.75, 3.05) is 13.2 Å². The van der Waals surface area contributed by atoms with Crippen LogP contribution >= 0.6 is 0 Å². The van der Waals surface area contributed by atoms with Crippen LogP contribution in [0.25, 0.3) is 0 Å². The van der Waals surface area contributed by atoms with Gasteiger partial charge in [0.05, 0.1) is 13.2 Å². The molecule has 4 heteroatoms. The molecule has 0 saturated carbocycles. The van der Waals surface area contributed by atoms with Gasteiger partial charge in [-0.3, -0.25) is 9.47 Å². The molecular weight excluding hydrogens is 256 g/mol. The van der Waals surface area contributed by atoms with Gasteiger partial charge < -0.3 is 9.47 Å². The third-order valence-electron chi connectivity index (χ3n) is 2.82. The summed E-state index contributed by atoms with van der Waals surface area (Å²) in [5.41, 5.74) is 0. The van der Waals surface area contributed by atoms with Crippen LogP contribution in [0.5, 0.6) is 11.5 Å². The van der Waals surface area contributed by atoms with E-state index in [1.807, 2.05) is 60.7 Å². The van der Waals surface area contributed by atoms with E-state index in [0.717, 1.165) is 6.42 Å². The van der Waals surface area contributed by atoms with Crippen LogP contribution < -0.4 is 9.47 Å². The third-order valence-corrected chi connectivity index (χ3v) is 2.82. The van der Waals surface area contributed by atoms with Gasteiger partial charge in [0.2, 0.25) is 0 Å². The summed E-state index contributed by atoms with van der Waals surface area (Å²) in [7, 11) is 0. The van der Waals surface area contributed by atoms with Crippen LogP contribution in [0, 0.1) is 0 Å². The number of benzene rings is 2. The van der Waals surface area contributed by atoms with Crippen molar-refractivity contribution in [3.8, 4) is 11.5 Å². The highest BCUT2D eigenvalue weighted by molar-refractivity contribution is 5.23. The van der Waals surface area contributed by atoms with Crippen molar-refractivity contribution in [2.45, 2.75) is 12.6 Å². The molecule has 20 heavy (non-hydrogen) atoms. The molecule has 1 aliphatic rings. The molecule has 0 aromatic heterocycles. The Kier molecular flexibility index (Phi) is 3.85. The lowest BCUT2D eigenvalue weighted by molar-refractivity contribution is -0.455. The first-order chi connectivity index (χ1) is 9.86. The van der Waals surface area contributed by atoms with Crippen LogP contribution in [-0.2, 0) is 9.47 Å². The van der Waals surface area contributed by atoms with Crippen LogP contribution in [0.1, 0.15) is 6.42 Å². The van der Waals surface area contributed by atoms with E-state index < -0.39 is 6.16 Å². The second kappa shape index (κ2) is 5.94. The zero-order chi connectivity index (χ0) is 13.7. The third kappa shape index (κ3) is 3.10. The molecule has 0 aliphatic carbocycles. The molecule has 1 fully saturated rings. The van der Waals surface area contributed by atoms with Crippen molar-refractivity contribution >= 4 is 0 Å². The van der Waals surface area contributed by atoms with Crippen molar-refractivity contribution in [1.82, 2.24) is 0 Å². The van der Waals surface area contributed by atoms with Gasteiger partial charge >= 0.3 is 6.16 Å². The number of para-hydroxylation sites is 2. The second-order valence-corrected chi connectivity index (χ2v) is 4.38. The van der Waals surface area contributed by atoms with Crippen molar-refractivity contribution in [1.29, 1.82) is 0 Å². The largest absolute Gasteiger partial charge is 0.510 e. The first-order valence-electron chi connectivity index (χ1n) is 6.62. The molecule has 2 aromatic rings. The Morgan fingerprint density at radius 3 is 1.60 bits per heavy atom. The molecule has 0 unspecified atom stereocenters. The molecule has 2 aromatic carbocycles. The summed E-state index contributed by atoms with van der Waals surface area (Å²) < 4.78 is 22.8. The molecule has 0 N–H and O–H groups in total. The molecule has 0 radical (unpaired) electrons. The predicted octanol–water partition coefficient (Wildman–Crippen LogP) is 3.19. The summed E-state index contributed by atoms with van der Waals surface area (Å²) in [5, 5.41) is 0. The minimum Gasteiger partial charge on any atom is -0.407 e. The van der Waals surface area contributed by atoms with E-state index in [2.05, 4.69) is 0 Å². The summed E-state index contributed by atoms with van der Waals surface area (Å²) in [6, 6.07) is 18.7. The zero-order valence-electron chi connectivity index (χ0n) is 11.0. The van der Waals surface area contributed by atoms with Gasteiger partial charge in [-0.25, -0.2) is 0 Å². The molecule has 0 amide bonds. The van der Waals surface area contributed by atoms with Crippen molar-refractivity contribution in [2.24, 2.45) is 0 Å². The smallest absolute Gasteiger partial charge is 0.407 e. The summed E-state index contributed by atoms with van der Waals surface area (Å²) in [4.78, 5) is 0. The molecule has 1 saturated heterocycles. The Bertz CT molecular complexity index is 477. The molecule has 1 heterocycles. The molecule has 0 atom stereocenters. The second-order valence-electron chi connectivity index (χ2n) is 4.38. The number of hydrogen-bond donors (Lipinski definition) is 0. The fourth-order valence-corrected chi connectivity index (χ4v) is 1.90. The number of ether oxygens (including phenoxy) is 4. The minimum atomic E-state index is -1.51. The monoisotopic (exact) mass is 272 g/mol. The van der Waals surface area contributed by atoms with Crippen LogP contribution in [0.3, 0.4) is 0 Å². The van der Waals surface area contributed by atoms with Crippen LogP contribution in [0.15, 0.2) is 60.7 Å². The van der Waals surface area contributed by atoms with Gasteiger partial charge in [0.15, 0.2) is 0 Å². The first kappa shape index (κ1) is 13.0. The lowest BCUT2D eigenvalue weighted by Crippen LogP contribution is -2.51. The average molecular weight is 272 g/mol. The fraction of sp³-hybridized carbons (Fsp3) is 0.250. The molecule has 4 nitrogen and oxygen atoms in total. The summed E-state index contributed by atoms with van der Waals surface area (Å²) >= 11 is 0. The van der Waals surface area contributed by atoms with Crippen LogP contribution in [-0.4, -0.2) is 19.4 Å². The number of rotatable bonds is 4. The lowest BCUT2D eigenvalue weighted by Gasteiger charge is -2.35. The van der Waals surface area contributed by atoms with Gasteiger partial charge in [0, 0.05) is 0 Å². The normalized spacial score (nSPS) is 17.4. The van der Waals surface area contributed by atoms with Crippen molar-refractivity contribution < 1.29 is 18.9 Å². The fourth-order valence-electron chi connectivity index (χ4n) is 1.90. The van der Waals surface area contributed by atoms with Gasteiger partial charge in [0.1, 0.15) is 11.5 Å². The van der Waals surface area contributed by atoms with E-state index in [-0.39, 0.29) is 0 Å². The molecule has 0 bridgehead atoms. The highest BCUT2D eigenvalue weighted by Crippen LogP contribution is 2.27. The lowest BCUT2D eigenvalue weighted by atomic mass is 10.3. The van der Waals surface area contributed by atoms with E-state index in [4.69, 9.17) is 18.9 Å². The summed E-state index contributed by atoms with van der Waals surface area (Å²) in [6.07, 6.45) is -0.695. The molecular formula is C16H16O4. The maximum absolute atomic E-state index is 5.78. The van der Waals surface area contributed by atoms with E-state index in [1.54, 1.807) is 0 Å². The maximum atomic E-state index is 5.78. The molecule has 3 rings (SSSR count). The Morgan fingerprint density at radius 1 is 0.700 bits per heavy atom. The van der Waals surface area contributed by atoms with Crippen molar-refractivity contribution in [3.63, 3.8) is 0 Å². The Hall–Kier alpha value is -2.04. The van der Waals surface area contributed by atoms with Crippen molar-refractivity contribution in [3.05, 3.63) is 60.7 Å². The van der Waals surface area contributed by atoms with Crippen LogP contribution in [0.2, 0.25) is 0 Å². The van der Waals surface area contributed by atoms with E-state index in [9.17, 15) is 0 Å². The summed E-state index contributed by atoms with van der Waals surface area (Å²) in [6.45, 7) is 1.05. The topological polar surface area (TPSA) is 36.9 Å². The average Bonchev–Trinajstić information content (AvgIpc) is 2.50. The predicted molar refractivity (Wildman–Crippen MR) is 73.4 cm³/mol. The zero-order valence-corrected chi connectivity index (χ0v) is 11.0. The molecule has 0 spiro atoms.